The molecule has 6 aliphatic rings. The van der Waals surface area contributed by atoms with Crippen molar-refractivity contribution in [1.29, 1.82) is 0 Å². The number of piperidine rings is 3. The number of hydrogen-bond acceptors (Lipinski definition) is 7. The zero-order valence-corrected chi connectivity index (χ0v) is 30.4. The molecule has 3 N–H and O–H groups in total. The van der Waals surface area contributed by atoms with Crippen LogP contribution in [0, 0.1) is 23.7 Å². The van der Waals surface area contributed by atoms with Gasteiger partial charge in [0.25, 0.3) is 0 Å². The number of ether oxygens (including phenoxy) is 3. The van der Waals surface area contributed by atoms with Crippen molar-refractivity contribution in [2.24, 2.45) is 23.7 Å². The van der Waals surface area contributed by atoms with Crippen molar-refractivity contribution in [3.05, 3.63) is 76.1 Å². The van der Waals surface area contributed by atoms with Crippen molar-refractivity contribution in [2.45, 2.75) is 75.8 Å². The number of hydrogen-bond donors (Lipinski definition) is 3. The first kappa shape index (κ1) is 32.8. The Hall–Kier alpha value is -4.08. The van der Waals surface area contributed by atoms with Crippen molar-refractivity contribution in [2.75, 3.05) is 41.0 Å². The lowest BCUT2D eigenvalue weighted by Crippen LogP contribution is -2.67. The summed E-state index contributed by atoms with van der Waals surface area (Å²) >= 11 is 0. The van der Waals surface area contributed by atoms with E-state index in [1.807, 2.05) is 0 Å². The Bertz CT molecular complexity index is 2080. The van der Waals surface area contributed by atoms with Gasteiger partial charge in [-0.15, -0.1) is 0 Å². The average molecular weight is 691 g/mol. The number of H-pyrrole nitrogens is 2. The van der Waals surface area contributed by atoms with E-state index in [0.717, 1.165) is 78.7 Å². The standard InChI is InChI=1S/C42H50N4O5/c1-6-23-14-22-19-42(41(48)51-5)38-26(12-13-46(21-22)39(23)42)28-16-29(35(49-3)18-33(28)45-38)30-15-27-24(7-2)20-43-34(36(27)40(47)50-4)17-31-25-10-8-9-11-32(25)44-37(30)31/h7-11,16,18,22-23,27,30,34,36,39,43-45H,6,12-15,17,19-21H2,1-5H3. The molecule has 9 nitrogen and oxygen atoms in total. The minimum atomic E-state index is -0.724. The number of aromatic nitrogens is 2. The molecule has 2 aliphatic carbocycles. The molecular formula is C42H50N4O5. The van der Waals surface area contributed by atoms with Crippen LogP contribution in [-0.4, -0.2) is 79.9 Å². The highest BCUT2D eigenvalue weighted by Crippen LogP contribution is 2.56. The van der Waals surface area contributed by atoms with Crippen LogP contribution in [0.3, 0.4) is 0 Å². The van der Waals surface area contributed by atoms with Gasteiger partial charge in [0.15, 0.2) is 0 Å². The molecule has 6 bridgehead atoms. The van der Waals surface area contributed by atoms with Gasteiger partial charge in [-0.1, -0.05) is 43.2 Å². The third kappa shape index (κ3) is 4.66. The first-order valence-corrected chi connectivity index (χ1v) is 19.0. The molecule has 268 valence electrons. The van der Waals surface area contributed by atoms with Gasteiger partial charge < -0.3 is 29.5 Å². The number of allylic oxidation sites excluding steroid dienone is 1. The van der Waals surface area contributed by atoms with Crippen molar-refractivity contribution in [3.63, 3.8) is 0 Å². The molecule has 6 heterocycles. The van der Waals surface area contributed by atoms with Crippen molar-refractivity contribution >= 4 is 33.7 Å². The average Bonchev–Trinajstić information content (AvgIpc) is 3.68. The van der Waals surface area contributed by atoms with Crippen LogP contribution in [0.5, 0.6) is 5.75 Å². The molecule has 1 saturated carbocycles. The molecule has 2 aromatic heterocycles. The zero-order valence-electron chi connectivity index (χ0n) is 30.4. The summed E-state index contributed by atoms with van der Waals surface area (Å²) in [5.74, 6) is 1.06. The Morgan fingerprint density at radius 3 is 2.63 bits per heavy atom. The summed E-state index contributed by atoms with van der Waals surface area (Å²) in [6.45, 7) is 7.08. The smallest absolute Gasteiger partial charge is 0.319 e. The molecular weight excluding hydrogens is 640 g/mol. The monoisotopic (exact) mass is 690 g/mol. The molecule has 2 aromatic carbocycles. The molecule has 0 spiro atoms. The van der Waals surface area contributed by atoms with Gasteiger partial charge in [-0.2, -0.15) is 0 Å². The van der Waals surface area contributed by atoms with Gasteiger partial charge in [0.2, 0.25) is 0 Å². The minimum Gasteiger partial charge on any atom is -0.496 e. The third-order valence-corrected chi connectivity index (χ3v) is 13.7. The van der Waals surface area contributed by atoms with E-state index >= 15 is 0 Å². The molecule has 4 aromatic rings. The SMILES string of the molecule is CC=C1CNC2Cc3c([nH]c4ccccc34)C(c3cc4c5c([nH]c4cc3OC)C3(C(=O)OC)CC4CC(CC)C3N(CC5)C4)CC1C2C(=O)OC. The highest BCUT2D eigenvalue weighted by Gasteiger charge is 2.62. The van der Waals surface area contributed by atoms with Crippen molar-refractivity contribution in [3.8, 4) is 5.75 Å². The summed E-state index contributed by atoms with van der Waals surface area (Å²) in [6, 6.07) is 13.1. The largest absolute Gasteiger partial charge is 0.496 e. The molecule has 10 rings (SSSR count). The summed E-state index contributed by atoms with van der Waals surface area (Å²) in [5, 5.41) is 6.06. The maximum Gasteiger partial charge on any atom is 0.319 e. The lowest BCUT2D eigenvalue weighted by atomic mass is 9.56. The van der Waals surface area contributed by atoms with Gasteiger partial charge in [-0.05, 0) is 80.0 Å². The maximum absolute atomic E-state index is 14.2. The van der Waals surface area contributed by atoms with Gasteiger partial charge >= 0.3 is 11.9 Å². The molecule has 9 atom stereocenters. The van der Waals surface area contributed by atoms with Gasteiger partial charge in [-0.3, -0.25) is 14.5 Å². The number of methoxy groups -OCH3 is 3. The Kier molecular flexibility index (Phi) is 7.89. The number of nitrogens with zero attached hydrogens (tertiary/aromatic N) is 1. The molecule has 0 radical (unpaired) electrons. The highest BCUT2D eigenvalue weighted by atomic mass is 16.5. The molecule has 51 heavy (non-hydrogen) atoms. The predicted molar refractivity (Wildman–Crippen MR) is 197 cm³/mol. The summed E-state index contributed by atoms with van der Waals surface area (Å²) in [6.07, 6.45) is 7.54. The van der Waals surface area contributed by atoms with E-state index < -0.39 is 5.41 Å². The molecule has 4 fully saturated rings. The molecule has 3 saturated heterocycles. The number of para-hydroxylation sites is 1. The number of rotatable bonds is 5. The van der Waals surface area contributed by atoms with Crippen LogP contribution in [0.4, 0.5) is 0 Å². The molecule has 4 aliphatic heterocycles. The highest BCUT2D eigenvalue weighted by molar-refractivity contribution is 5.93. The minimum absolute atomic E-state index is 0.00169. The van der Waals surface area contributed by atoms with E-state index in [2.05, 4.69) is 76.5 Å². The molecule has 0 amide bonds. The predicted octanol–water partition coefficient (Wildman–Crippen LogP) is 6.15. The third-order valence-electron chi connectivity index (χ3n) is 13.7. The second-order valence-corrected chi connectivity index (χ2v) is 15.8. The second kappa shape index (κ2) is 12.3. The number of benzene rings is 2. The molecule has 9 heteroatoms. The normalized spacial score (nSPS) is 33.2. The van der Waals surface area contributed by atoms with E-state index in [4.69, 9.17) is 14.2 Å². The van der Waals surface area contributed by atoms with Gasteiger partial charge in [0, 0.05) is 82.5 Å². The van der Waals surface area contributed by atoms with E-state index in [9.17, 15) is 9.59 Å². The van der Waals surface area contributed by atoms with Crippen LogP contribution in [0.15, 0.2) is 48.0 Å². The second-order valence-electron chi connectivity index (χ2n) is 15.8. The van der Waals surface area contributed by atoms with Crippen LogP contribution in [0.1, 0.15) is 73.5 Å². The van der Waals surface area contributed by atoms with Crippen LogP contribution in [0.25, 0.3) is 21.8 Å². The van der Waals surface area contributed by atoms with E-state index in [-0.39, 0.29) is 41.8 Å². The number of aromatic amines is 2. The van der Waals surface area contributed by atoms with Crippen LogP contribution in [-0.2, 0) is 37.3 Å². The number of carbonyl (C=O) groups excluding carboxylic acids is 2. The summed E-state index contributed by atoms with van der Waals surface area (Å²) < 4.78 is 17.5. The number of esters is 2. The lowest BCUT2D eigenvalue weighted by molar-refractivity contribution is -0.162. The fraction of sp³-hybridized carbons (Fsp3) is 0.524. The zero-order chi connectivity index (χ0) is 35.2. The summed E-state index contributed by atoms with van der Waals surface area (Å²) in [7, 11) is 4.82. The van der Waals surface area contributed by atoms with E-state index in [1.165, 1.54) is 41.3 Å². The molecule has 9 unspecified atom stereocenters. The lowest BCUT2D eigenvalue weighted by Gasteiger charge is -2.57. The van der Waals surface area contributed by atoms with Crippen LogP contribution < -0.4 is 10.1 Å². The summed E-state index contributed by atoms with van der Waals surface area (Å²) in [5.41, 5.74) is 8.42. The fourth-order valence-electron chi connectivity index (χ4n) is 11.7. The Morgan fingerprint density at radius 2 is 1.86 bits per heavy atom. The van der Waals surface area contributed by atoms with Gasteiger partial charge in [0.05, 0.1) is 27.2 Å². The summed E-state index contributed by atoms with van der Waals surface area (Å²) in [4.78, 5) is 38.2. The fourth-order valence-corrected chi connectivity index (χ4v) is 11.7. The number of fused-ring (bicyclic) bond motifs is 9. The Balaban J connectivity index is 1.27. The quantitative estimate of drug-likeness (QED) is 0.170. The Morgan fingerprint density at radius 1 is 1.02 bits per heavy atom. The Labute approximate surface area is 299 Å². The van der Waals surface area contributed by atoms with Crippen molar-refractivity contribution in [1.82, 2.24) is 20.2 Å². The van der Waals surface area contributed by atoms with E-state index in [0.29, 0.717) is 18.3 Å². The first-order chi connectivity index (χ1) is 24.8. The maximum atomic E-state index is 14.2. The van der Waals surface area contributed by atoms with Crippen molar-refractivity contribution < 1.29 is 23.8 Å². The topological polar surface area (TPSA) is 109 Å². The number of carbonyl (C=O) groups is 2. The van der Waals surface area contributed by atoms with Gasteiger partial charge in [0.1, 0.15) is 11.2 Å². The van der Waals surface area contributed by atoms with Crippen LogP contribution in [0.2, 0.25) is 0 Å². The van der Waals surface area contributed by atoms with Gasteiger partial charge in [-0.25, -0.2) is 0 Å². The first-order valence-electron chi connectivity index (χ1n) is 19.0. The van der Waals surface area contributed by atoms with Crippen LogP contribution >= 0.6 is 0 Å². The number of nitrogens with one attached hydrogen (secondary N) is 3. The van der Waals surface area contributed by atoms with E-state index in [1.54, 1.807) is 14.2 Å².